The van der Waals surface area contributed by atoms with Crippen molar-refractivity contribution in [3.63, 3.8) is 0 Å². The van der Waals surface area contributed by atoms with Crippen molar-refractivity contribution in [2.24, 2.45) is 0 Å². The topological polar surface area (TPSA) is 65.1 Å². The first-order chi connectivity index (χ1) is 20.6. The van der Waals surface area contributed by atoms with Gasteiger partial charge in [0.15, 0.2) is 11.5 Å². The minimum absolute atomic E-state index is 0.0551. The van der Waals surface area contributed by atoms with E-state index in [1.54, 1.807) is 14.0 Å². The molecule has 0 aromatic heterocycles. The molecule has 4 aromatic carbocycles. The minimum Gasteiger partial charge on any atom is -0.493 e. The van der Waals surface area contributed by atoms with E-state index in [-0.39, 0.29) is 30.6 Å². The van der Waals surface area contributed by atoms with Crippen LogP contribution in [0.5, 0.6) is 11.5 Å². The van der Waals surface area contributed by atoms with Gasteiger partial charge in [0.05, 0.1) is 20.1 Å². The van der Waals surface area contributed by atoms with Gasteiger partial charge in [0, 0.05) is 25.4 Å². The number of rotatable bonds is 15. The van der Waals surface area contributed by atoms with Gasteiger partial charge in [-0.05, 0) is 47.7 Å². The van der Waals surface area contributed by atoms with Crippen molar-refractivity contribution < 1.29 is 23.8 Å². The van der Waals surface area contributed by atoms with Gasteiger partial charge in [0.2, 0.25) is 5.91 Å². The van der Waals surface area contributed by atoms with Crippen molar-refractivity contribution in [2.45, 2.75) is 45.3 Å². The molecule has 0 unspecified atom stereocenters. The van der Waals surface area contributed by atoms with E-state index in [1.807, 2.05) is 89.8 Å². The average Bonchev–Trinajstić information content (AvgIpc) is 3.04. The highest BCUT2D eigenvalue weighted by Gasteiger charge is 2.21. The van der Waals surface area contributed by atoms with Crippen molar-refractivity contribution in [1.29, 1.82) is 0 Å². The van der Waals surface area contributed by atoms with Gasteiger partial charge in [-0.15, -0.1) is 0 Å². The fourth-order valence-electron chi connectivity index (χ4n) is 4.96. The number of nitrogens with zero attached hydrogens (tertiary/aromatic N) is 1. The maximum absolute atomic E-state index is 13.5. The van der Waals surface area contributed by atoms with E-state index in [0.717, 1.165) is 17.5 Å². The van der Waals surface area contributed by atoms with Crippen LogP contribution in [0.25, 0.3) is 0 Å². The summed E-state index contributed by atoms with van der Waals surface area (Å²) < 4.78 is 16.7. The first-order valence-corrected chi connectivity index (χ1v) is 14.4. The second-order valence-corrected chi connectivity index (χ2v) is 10.0. The molecule has 4 aromatic rings. The molecule has 218 valence electrons. The molecule has 0 aliphatic heterocycles. The molecule has 6 heteroatoms. The Hall–Kier alpha value is -4.58. The molecule has 0 atom stereocenters. The third kappa shape index (κ3) is 8.96. The molecule has 1 amide bonds. The van der Waals surface area contributed by atoms with Crippen molar-refractivity contribution in [3.8, 4) is 11.5 Å². The zero-order chi connectivity index (χ0) is 29.6. The van der Waals surface area contributed by atoms with E-state index >= 15 is 0 Å². The Bertz CT molecular complexity index is 1350. The lowest BCUT2D eigenvalue weighted by molar-refractivity contribution is -0.145. The van der Waals surface area contributed by atoms with Gasteiger partial charge in [-0.1, -0.05) is 97.1 Å². The monoisotopic (exact) mass is 565 g/mol. The van der Waals surface area contributed by atoms with Crippen LogP contribution in [0.1, 0.15) is 54.4 Å². The molecule has 0 N–H and O–H groups in total. The standard InChI is InChI=1S/C36H39NO5/c1-3-41-36(39)22-21-35(38)37(24-23-32(30-15-9-5-10-16-30)31-17-11-6-12-18-31)26-29-19-20-33(34(25-29)40-2)42-27-28-13-7-4-8-14-28/h4-20,25,32H,3,21-24,26-27H2,1-2H3. The van der Waals surface area contributed by atoms with Crippen molar-refractivity contribution in [2.75, 3.05) is 20.3 Å². The van der Waals surface area contributed by atoms with Crippen LogP contribution in [0.2, 0.25) is 0 Å². The van der Waals surface area contributed by atoms with E-state index in [4.69, 9.17) is 14.2 Å². The summed E-state index contributed by atoms with van der Waals surface area (Å²) in [5.74, 6) is 0.911. The molecule has 42 heavy (non-hydrogen) atoms. The van der Waals surface area contributed by atoms with Crippen molar-refractivity contribution in [1.82, 2.24) is 4.90 Å². The number of esters is 1. The zero-order valence-corrected chi connectivity index (χ0v) is 24.4. The summed E-state index contributed by atoms with van der Waals surface area (Å²) in [5.41, 5.74) is 4.38. The third-order valence-corrected chi connectivity index (χ3v) is 7.13. The molecule has 0 radical (unpaired) electrons. The zero-order valence-electron chi connectivity index (χ0n) is 24.4. The van der Waals surface area contributed by atoms with Gasteiger partial charge in [-0.2, -0.15) is 0 Å². The summed E-state index contributed by atoms with van der Waals surface area (Å²) in [6, 6.07) is 36.4. The Kier molecular flexibility index (Phi) is 11.6. The average molecular weight is 566 g/mol. The van der Waals surface area contributed by atoms with Crippen molar-refractivity contribution in [3.05, 3.63) is 131 Å². The SMILES string of the molecule is CCOC(=O)CCC(=O)N(CCC(c1ccccc1)c1ccccc1)Cc1ccc(OCc2ccccc2)c(OC)c1. The Balaban J connectivity index is 1.52. The number of ether oxygens (including phenoxy) is 3. The fourth-order valence-corrected chi connectivity index (χ4v) is 4.96. The lowest BCUT2D eigenvalue weighted by atomic mass is 9.88. The molecule has 0 spiro atoms. The summed E-state index contributed by atoms with van der Waals surface area (Å²) in [4.78, 5) is 27.3. The normalized spacial score (nSPS) is 10.7. The summed E-state index contributed by atoms with van der Waals surface area (Å²) in [6.07, 6.45) is 0.879. The van der Waals surface area contributed by atoms with E-state index < -0.39 is 0 Å². The van der Waals surface area contributed by atoms with Crippen LogP contribution < -0.4 is 9.47 Å². The first-order valence-electron chi connectivity index (χ1n) is 14.4. The number of carbonyl (C=O) groups excluding carboxylic acids is 2. The smallest absolute Gasteiger partial charge is 0.306 e. The number of benzene rings is 4. The minimum atomic E-state index is -0.362. The third-order valence-electron chi connectivity index (χ3n) is 7.13. The van der Waals surface area contributed by atoms with Crippen LogP contribution in [0.4, 0.5) is 0 Å². The van der Waals surface area contributed by atoms with Crippen LogP contribution in [0.3, 0.4) is 0 Å². The fraction of sp³-hybridized carbons (Fsp3) is 0.278. The van der Waals surface area contributed by atoms with Crippen LogP contribution in [-0.4, -0.2) is 37.0 Å². The van der Waals surface area contributed by atoms with Crippen LogP contribution in [0, 0.1) is 0 Å². The molecule has 0 saturated carbocycles. The number of carbonyl (C=O) groups is 2. The molecule has 0 aliphatic carbocycles. The first kappa shape index (κ1) is 30.4. The van der Waals surface area contributed by atoms with E-state index in [9.17, 15) is 9.59 Å². The Morgan fingerprint density at radius 1 is 0.738 bits per heavy atom. The summed E-state index contributed by atoms with van der Waals surface area (Å²) >= 11 is 0. The van der Waals surface area contributed by atoms with Crippen LogP contribution in [-0.2, 0) is 27.5 Å². The van der Waals surface area contributed by atoms with Crippen LogP contribution in [0.15, 0.2) is 109 Å². The van der Waals surface area contributed by atoms with E-state index in [2.05, 4.69) is 24.3 Å². The molecular formula is C36H39NO5. The molecule has 4 rings (SSSR count). The van der Waals surface area contributed by atoms with E-state index in [0.29, 0.717) is 37.8 Å². The van der Waals surface area contributed by atoms with E-state index in [1.165, 1.54) is 11.1 Å². The summed E-state index contributed by atoms with van der Waals surface area (Å²) in [7, 11) is 1.61. The van der Waals surface area contributed by atoms with Gasteiger partial charge in [-0.25, -0.2) is 0 Å². The highest BCUT2D eigenvalue weighted by atomic mass is 16.5. The lowest BCUT2D eigenvalue weighted by Crippen LogP contribution is -2.32. The second-order valence-electron chi connectivity index (χ2n) is 10.0. The predicted octanol–water partition coefficient (Wildman–Crippen LogP) is 7.17. The molecule has 0 fully saturated rings. The maximum atomic E-state index is 13.5. The predicted molar refractivity (Wildman–Crippen MR) is 164 cm³/mol. The van der Waals surface area contributed by atoms with Gasteiger partial charge in [0.25, 0.3) is 0 Å². The van der Waals surface area contributed by atoms with Gasteiger partial charge in [-0.3, -0.25) is 9.59 Å². The Morgan fingerprint density at radius 3 is 1.95 bits per heavy atom. The highest BCUT2D eigenvalue weighted by Crippen LogP contribution is 2.31. The molecule has 0 saturated heterocycles. The maximum Gasteiger partial charge on any atom is 0.306 e. The molecular weight excluding hydrogens is 526 g/mol. The molecule has 6 nitrogen and oxygen atoms in total. The number of hydrogen-bond donors (Lipinski definition) is 0. The summed E-state index contributed by atoms with van der Waals surface area (Å²) in [5, 5.41) is 0. The molecule has 0 bridgehead atoms. The van der Waals surface area contributed by atoms with Gasteiger partial charge >= 0.3 is 5.97 Å². The Morgan fingerprint density at radius 2 is 1.36 bits per heavy atom. The lowest BCUT2D eigenvalue weighted by Gasteiger charge is -2.26. The number of amides is 1. The largest absolute Gasteiger partial charge is 0.493 e. The number of methoxy groups -OCH3 is 1. The summed E-state index contributed by atoms with van der Waals surface area (Å²) in [6.45, 7) is 3.39. The highest BCUT2D eigenvalue weighted by molar-refractivity contribution is 5.81. The van der Waals surface area contributed by atoms with Crippen LogP contribution >= 0.6 is 0 Å². The van der Waals surface area contributed by atoms with Crippen molar-refractivity contribution >= 4 is 11.9 Å². The van der Waals surface area contributed by atoms with Gasteiger partial charge in [0.1, 0.15) is 6.61 Å². The molecule has 0 aliphatic rings. The van der Waals surface area contributed by atoms with Gasteiger partial charge < -0.3 is 19.1 Å². The second kappa shape index (κ2) is 16.0. The quantitative estimate of drug-likeness (QED) is 0.143. The Labute approximate surface area is 248 Å². The number of hydrogen-bond acceptors (Lipinski definition) is 5. The molecule has 0 heterocycles.